The fraction of sp³-hybridized carbons (Fsp3) is 0.300. The van der Waals surface area contributed by atoms with E-state index in [-0.39, 0.29) is 23.4 Å². The van der Waals surface area contributed by atoms with Gasteiger partial charge in [-0.15, -0.1) is 0 Å². The largest absolute Gasteiger partial charge is 0.388 e. The number of carbonyl (C=O) groups excluding carboxylic acids is 2. The van der Waals surface area contributed by atoms with Crippen molar-refractivity contribution in [3.8, 4) is 0 Å². The number of aromatic nitrogens is 1. The molecule has 0 spiro atoms. The van der Waals surface area contributed by atoms with Gasteiger partial charge in [-0.1, -0.05) is 11.8 Å². The number of anilines is 1. The maximum absolute atomic E-state index is 11.4. The van der Waals surface area contributed by atoms with Gasteiger partial charge < -0.3 is 5.32 Å². The van der Waals surface area contributed by atoms with Crippen molar-refractivity contribution in [2.24, 2.45) is 0 Å². The molecule has 1 aliphatic rings. The third-order valence-electron chi connectivity index (χ3n) is 2.27. The highest BCUT2D eigenvalue weighted by molar-refractivity contribution is 8.14. The summed E-state index contributed by atoms with van der Waals surface area (Å²) in [5.41, 5.74) is 1.62. The van der Waals surface area contributed by atoms with Gasteiger partial charge in [0, 0.05) is 18.9 Å². The van der Waals surface area contributed by atoms with Crippen LogP contribution in [-0.2, 0) is 11.3 Å². The Morgan fingerprint density at radius 3 is 3.00 bits per heavy atom. The predicted molar refractivity (Wildman–Crippen MR) is 62.2 cm³/mol. The third kappa shape index (κ3) is 2.16. The maximum Gasteiger partial charge on any atom is 0.289 e. The van der Waals surface area contributed by atoms with Gasteiger partial charge in [-0.25, -0.2) is 0 Å². The Labute approximate surface area is 97.2 Å². The lowest BCUT2D eigenvalue weighted by Gasteiger charge is -2.12. The molecule has 0 saturated carbocycles. The van der Waals surface area contributed by atoms with E-state index in [1.807, 2.05) is 12.1 Å². The Bertz CT molecular complexity index is 420. The number of carbonyl (C=O) groups is 2. The van der Waals surface area contributed by atoms with E-state index >= 15 is 0 Å². The number of rotatable bonds is 3. The van der Waals surface area contributed by atoms with E-state index in [9.17, 15) is 9.59 Å². The summed E-state index contributed by atoms with van der Waals surface area (Å²) in [6.45, 7) is 0.250. The second kappa shape index (κ2) is 4.52. The summed E-state index contributed by atoms with van der Waals surface area (Å²) >= 11 is 1.04. The lowest BCUT2D eigenvalue weighted by Crippen LogP contribution is -2.28. The maximum atomic E-state index is 11.4. The van der Waals surface area contributed by atoms with Crippen LogP contribution >= 0.6 is 11.8 Å². The fourth-order valence-corrected chi connectivity index (χ4v) is 2.14. The first-order valence-corrected chi connectivity index (χ1v) is 5.79. The first-order chi connectivity index (χ1) is 7.70. The van der Waals surface area contributed by atoms with Crippen LogP contribution < -0.4 is 5.32 Å². The first-order valence-electron chi connectivity index (χ1n) is 4.80. The van der Waals surface area contributed by atoms with Crippen molar-refractivity contribution in [1.29, 1.82) is 0 Å². The van der Waals surface area contributed by atoms with E-state index in [4.69, 9.17) is 0 Å². The number of nitrogens with zero attached hydrogens (tertiary/aromatic N) is 2. The zero-order valence-corrected chi connectivity index (χ0v) is 9.58. The van der Waals surface area contributed by atoms with Crippen LogP contribution in [0.4, 0.5) is 10.5 Å². The molecule has 0 aromatic carbocycles. The molecule has 6 heteroatoms. The molecule has 84 valence electrons. The van der Waals surface area contributed by atoms with E-state index in [1.165, 1.54) is 4.90 Å². The molecule has 2 amide bonds. The molecule has 1 N–H and O–H groups in total. The minimum atomic E-state index is -0.193. The molecule has 0 radical (unpaired) electrons. The van der Waals surface area contributed by atoms with Crippen LogP contribution in [0.25, 0.3) is 0 Å². The molecule has 1 aliphatic heterocycles. The molecule has 1 fully saturated rings. The minimum absolute atomic E-state index is 0.147. The van der Waals surface area contributed by atoms with Gasteiger partial charge in [-0.05, 0) is 12.1 Å². The standard InChI is InChI=1S/C10H11N3O2S/c1-11-7-2-3-12-8(4-7)5-13-9(14)6-16-10(13)15/h2-4H,5-6H2,1H3,(H,11,12). The van der Waals surface area contributed by atoms with E-state index in [0.717, 1.165) is 17.4 Å². The molecule has 0 unspecified atom stereocenters. The Morgan fingerprint density at radius 2 is 2.38 bits per heavy atom. The summed E-state index contributed by atoms with van der Waals surface area (Å²) in [7, 11) is 1.81. The number of imide groups is 1. The summed E-state index contributed by atoms with van der Waals surface area (Å²) in [6, 6.07) is 3.65. The lowest BCUT2D eigenvalue weighted by molar-refractivity contribution is -0.125. The monoisotopic (exact) mass is 237 g/mol. The van der Waals surface area contributed by atoms with E-state index < -0.39 is 0 Å². The highest BCUT2D eigenvalue weighted by Crippen LogP contribution is 2.21. The summed E-state index contributed by atoms with van der Waals surface area (Å²) in [4.78, 5) is 28.1. The molecule has 0 bridgehead atoms. The molecule has 0 atom stereocenters. The lowest BCUT2D eigenvalue weighted by atomic mass is 10.3. The van der Waals surface area contributed by atoms with Crippen LogP contribution in [-0.4, -0.2) is 33.8 Å². The summed E-state index contributed by atoms with van der Waals surface area (Å²) in [5.74, 6) is 0.0940. The predicted octanol–water partition coefficient (Wildman–Crippen LogP) is 1.32. The van der Waals surface area contributed by atoms with Crippen molar-refractivity contribution in [3.63, 3.8) is 0 Å². The van der Waals surface area contributed by atoms with Crippen molar-refractivity contribution >= 4 is 28.6 Å². The van der Waals surface area contributed by atoms with Crippen LogP contribution in [0.5, 0.6) is 0 Å². The molecule has 1 aromatic rings. The normalized spacial score (nSPS) is 15.7. The average molecular weight is 237 g/mol. The van der Waals surface area contributed by atoms with Gasteiger partial charge in [0.2, 0.25) is 5.91 Å². The number of thioether (sulfide) groups is 1. The Kier molecular flexibility index (Phi) is 3.09. The Hall–Kier alpha value is -1.56. The van der Waals surface area contributed by atoms with Gasteiger partial charge >= 0.3 is 0 Å². The van der Waals surface area contributed by atoms with Gasteiger partial charge in [-0.2, -0.15) is 0 Å². The van der Waals surface area contributed by atoms with Crippen LogP contribution in [0.2, 0.25) is 0 Å². The van der Waals surface area contributed by atoms with Crippen molar-refractivity contribution in [2.45, 2.75) is 6.54 Å². The van der Waals surface area contributed by atoms with Crippen molar-refractivity contribution in [2.75, 3.05) is 18.1 Å². The molecular weight excluding hydrogens is 226 g/mol. The van der Waals surface area contributed by atoms with Crippen molar-refractivity contribution in [3.05, 3.63) is 24.0 Å². The topological polar surface area (TPSA) is 62.3 Å². The van der Waals surface area contributed by atoms with Gasteiger partial charge in [0.1, 0.15) is 0 Å². The van der Waals surface area contributed by atoms with Gasteiger partial charge in [-0.3, -0.25) is 19.5 Å². The molecule has 16 heavy (non-hydrogen) atoms. The average Bonchev–Trinajstić information content (AvgIpc) is 2.61. The zero-order valence-electron chi connectivity index (χ0n) is 8.77. The second-order valence-electron chi connectivity index (χ2n) is 3.32. The van der Waals surface area contributed by atoms with Gasteiger partial charge in [0.15, 0.2) is 0 Å². The Balaban J connectivity index is 2.14. The van der Waals surface area contributed by atoms with E-state index in [0.29, 0.717) is 5.69 Å². The molecular formula is C10H11N3O2S. The van der Waals surface area contributed by atoms with Crippen LogP contribution in [0.15, 0.2) is 18.3 Å². The molecule has 1 saturated heterocycles. The fourth-order valence-electron chi connectivity index (χ4n) is 1.42. The van der Waals surface area contributed by atoms with Crippen LogP contribution in [0.3, 0.4) is 0 Å². The molecule has 5 nitrogen and oxygen atoms in total. The van der Waals surface area contributed by atoms with Gasteiger partial charge in [0.05, 0.1) is 18.0 Å². The Morgan fingerprint density at radius 1 is 1.56 bits per heavy atom. The molecule has 1 aromatic heterocycles. The van der Waals surface area contributed by atoms with Gasteiger partial charge in [0.25, 0.3) is 5.24 Å². The number of nitrogens with one attached hydrogen (secondary N) is 1. The van der Waals surface area contributed by atoms with Crippen LogP contribution in [0.1, 0.15) is 5.69 Å². The van der Waals surface area contributed by atoms with E-state index in [2.05, 4.69) is 10.3 Å². The number of hydrogen-bond donors (Lipinski definition) is 1. The molecule has 2 heterocycles. The summed E-state index contributed by atoms with van der Waals surface area (Å²) < 4.78 is 0. The zero-order chi connectivity index (χ0) is 11.5. The number of amides is 2. The SMILES string of the molecule is CNc1ccnc(CN2C(=O)CSC2=O)c1. The van der Waals surface area contributed by atoms with Crippen molar-refractivity contribution in [1.82, 2.24) is 9.88 Å². The van der Waals surface area contributed by atoms with E-state index in [1.54, 1.807) is 13.2 Å². The molecule has 2 rings (SSSR count). The summed E-state index contributed by atoms with van der Waals surface area (Å²) in [6.07, 6.45) is 1.65. The highest BCUT2D eigenvalue weighted by Gasteiger charge is 2.29. The smallest absolute Gasteiger partial charge is 0.289 e. The van der Waals surface area contributed by atoms with Crippen LogP contribution in [0, 0.1) is 0 Å². The highest BCUT2D eigenvalue weighted by atomic mass is 32.2. The molecule has 0 aliphatic carbocycles. The minimum Gasteiger partial charge on any atom is -0.388 e. The quantitative estimate of drug-likeness (QED) is 0.859. The second-order valence-corrected chi connectivity index (χ2v) is 4.25. The first kappa shape index (κ1) is 10.9. The summed E-state index contributed by atoms with van der Waals surface area (Å²) in [5, 5.41) is 2.79. The third-order valence-corrected chi connectivity index (χ3v) is 3.12. The number of pyridine rings is 1. The number of hydrogen-bond acceptors (Lipinski definition) is 5. The van der Waals surface area contributed by atoms with Crippen molar-refractivity contribution < 1.29 is 9.59 Å².